The first kappa shape index (κ1) is 18.4. The van der Waals surface area contributed by atoms with Gasteiger partial charge in [0.1, 0.15) is 0 Å². The van der Waals surface area contributed by atoms with Crippen molar-refractivity contribution in [2.75, 3.05) is 6.54 Å². The third-order valence-corrected chi connectivity index (χ3v) is 5.12. The van der Waals surface area contributed by atoms with Crippen LogP contribution in [0.25, 0.3) is 0 Å². The third kappa shape index (κ3) is 4.40. The van der Waals surface area contributed by atoms with Crippen molar-refractivity contribution in [1.82, 2.24) is 15.1 Å². The van der Waals surface area contributed by atoms with E-state index >= 15 is 0 Å². The van der Waals surface area contributed by atoms with E-state index in [0.29, 0.717) is 13.1 Å². The van der Waals surface area contributed by atoms with Crippen molar-refractivity contribution in [3.8, 4) is 0 Å². The number of hydrogen-bond donors (Lipinski definition) is 1. The number of carbonyl (C=O) groups is 1. The summed E-state index contributed by atoms with van der Waals surface area (Å²) in [5, 5.41) is 7.46. The molecule has 0 fully saturated rings. The molecule has 1 aromatic heterocycles. The van der Waals surface area contributed by atoms with E-state index in [1.807, 2.05) is 38.1 Å². The Balaban J connectivity index is 1.59. The van der Waals surface area contributed by atoms with Gasteiger partial charge in [0.15, 0.2) is 0 Å². The highest BCUT2D eigenvalue weighted by Crippen LogP contribution is 2.17. The normalized spacial score (nSPS) is 15.0. The van der Waals surface area contributed by atoms with Gasteiger partial charge in [0.05, 0.1) is 18.2 Å². The van der Waals surface area contributed by atoms with Gasteiger partial charge >= 0.3 is 0 Å². The maximum absolute atomic E-state index is 12.4. The highest BCUT2D eigenvalue weighted by atomic mass is 16.2. The lowest BCUT2D eigenvalue weighted by molar-refractivity contribution is -0.122. The van der Waals surface area contributed by atoms with Gasteiger partial charge in [0, 0.05) is 12.6 Å². The second-order valence-corrected chi connectivity index (χ2v) is 7.16. The van der Waals surface area contributed by atoms with Gasteiger partial charge in [0.25, 0.3) is 5.56 Å². The van der Waals surface area contributed by atoms with Crippen LogP contribution in [-0.4, -0.2) is 22.2 Å². The fraction of sp³-hybridized carbons (Fsp3) is 0.476. The van der Waals surface area contributed by atoms with E-state index in [9.17, 15) is 9.59 Å². The minimum absolute atomic E-state index is 0.0309. The zero-order valence-electron chi connectivity index (χ0n) is 15.6. The summed E-state index contributed by atoms with van der Waals surface area (Å²) in [6.45, 7) is 4.73. The molecule has 1 heterocycles. The molecule has 138 valence electrons. The summed E-state index contributed by atoms with van der Waals surface area (Å²) in [7, 11) is 0. The number of nitrogens with one attached hydrogen (secondary N) is 1. The number of amides is 1. The lowest BCUT2D eigenvalue weighted by Crippen LogP contribution is -2.34. The number of aromatic nitrogens is 2. The molecule has 5 nitrogen and oxygen atoms in total. The Bertz CT molecular complexity index is 824. The zero-order valence-corrected chi connectivity index (χ0v) is 15.6. The molecule has 0 spiro atoms. The van der Waals surface area contributed by atoms with Crippen molar-refractivity contribution in [2.45, 2.75) is 58.4 Å². The Kier molecular flexibility index (Phi) is 5.86. The van der Waals surface area contributed by atoms with Crippen LogP contribution in [0, 0.1) is 6.92 Å². The van der Waals surface area contributed by atoms with Crippen molar-refractivity contribution in [2.24, 2.45) is 0 Å². The summed E-state index contributed by atoms with van der Waals surface area (Å²) in [6.07, 6.45) is 5.33. The number of rotatable bonds is 5. The number of benzene rings is 1. The van der Waals surface area contributed by atoms with Crippen LogP contribution >= 0.6 is 0 Å². The molecule has 1 N–H and O–H groups in total. The largest absolute Gasteiger partial charge is 0.354 e. The van der Waals surface area contributed by atoms with Crippen LogP contribution in [0.2, 0.25) is 0 Å². The highest BCUT2D eigenvalue weighted by molar-refractivity contribution is 5.83. The molecule has 5 heteroatoms. The Morgan fingerprint density at radius 1 is 1.19 bits per heavy atom. The first-order chi connectivity index (χ1) is 12.5. The van der Waals surface area contributed by atoms with E-state index in [2.05, 4.69) is 10.4 Å². The molecule has 3 rings (SSSR count). The van der Waals surface area contributed by atoms with E-state index in [1.165, 1.54) is 16.7 Å². The fourth-order valence-corrected chi connectivity index (χ4v) is 3.38. The molecule has 0 saturated carbocycles. The topological polar surface area (TPSA) is 64.0 Å². The monoisotopic (exact) mass is 353 g/mol. The van der Waals surface area contributed by atoms with E-state index in [-0.39, 0.29) is 17.4 Å². The standard InChI is InChI=1S/C21H27N3O2/c1-15-8-10-17(11-9-15)16(2)21(26)22-12-13-24-20(25)14-18-6-4-3-5-7-19(18)23-24/h8-11,14,16H,3-7,12-13H2,1-2H3,(H,22,26). The first-order valence-electron chi connectivity index (χ1n) is 9.49. The van der Waals surface area contributed by atoms with Gasteiger partial charge in [0.2, 0.25) is 5.91 Å². The van der Waals surface area contributed by atoms with Crippen LogP contribution in [-0.2, 0) is 24.2 Å². The summed E-state index contributed by atoms with van der Waals surface area (Å²) in [4.78, 5) is 24.6. The van der Waals surface area contributed by atoms with Crippen molar-refractivity contribution < 1.29 is 4.79 Å². The van der Waals surface area contributed by atoms with Crippen LogP contribution in [0.15, 0.2) is 35.1 Å². The Labute approximate surface area is 154 Å². The lowest BCUT2D eigenvalue weighted by atomic mass is 9.99. The van der Waals surface area contributed by atoms with Gasteiger partial charge in [-0.3, -0.25) is 9.59 Å². The summed E-state index contributed by atoms with van der Waals surface area (Å²) >= 11 is 0. The van der Waals surface area contributed by atoms with Gasteiger partial charge in [-0.15, -0.1) is 0 Å². The van der Waals surface area contributed by atoms with Gasteiger partial charge in [-0.05, 0) is 50.7 Å². The maximum Gasteiger partial charge on any atom is 0.267 e. The van der Waals surface area contributed by atoms with Crippen molar-refractivity contribution in [3.05, 3.63) is 63.1 Å². The van der Waals surface area contributed by atoms with Crippen LogP contribution < -0.4 is 10.9 Å². The number of aryl methyl sites for hydroxylation is 3. The molecular weight excluding hydrogens is 326 g/mol. The van der Waals surface area contributed by atoms with Gasteiger partial charge in [-0.2, -0.15) is 5.10 Å². The number of carbonyl (C=O) groups excluding carboxylic acids is 1. The Morgan fingerprint density at radius 2 is 1.92 bits per heavy atom. The molecule has 1 aliphatic carbocycles. The third-order valence-electron chi connectivity index (χ3n) is 5.12. The van der Waals surface area contributed by atoms with Gasteiger partial charge in [-0.1, -0.05) is 36.2 Å². The molecule has 1 unspecified atom stereocenters. The predicted molar refractivity (Wildman–Crippen MR) is 102 cm³/mol. The fourth-order valence-electron chi connectivity index (χ4n) is 3.38. The Hall–Kier alpha value is -2.43. The molecular formula is C21H27N3O2. The Morgan fingerprint density at radius 3 is 2.69 bits per heavy atom. The molecule has 1 aromatic carbocycles. The summed E-state index contributed by atoms with van der Waals surface area (Å²) in [6, 6.07) is 9.72. The molecule has 0 aliphatic heterocycles. The molecule has 1 atom stereocenters. The first-order valence-corrected chi connectivity index (χ1v) is 9.49. The van der Waals surface area contributed by atoms with Crippen molar-refractivity contribution >= 4 is 5.91 Å². The average molecular weight is 353 g/mol. The number of fused-ring (bicyclic) bond motifs is 1. The quantitative estimate of drug-likeness (QED) is 0.841. The van der Waals surface area contributed by atoms with Crippen LogP contribution in [0.1, 0.15) is 54.5 Å². The molecule has 0 bridgehead atoms. The second kappa shape index (κ2) is 8.30. The minimum Gasteiger partial charge on any atom is -0.354 e. The second-order valence-electron chi connectivity index (χ2n) is 7.16. The van der Waals surface area contributed by atoms with Crippen LogP contribution in [0.3, 0.4) is 0 Å². The SMILES string of the molecule is Cc1ccc(C(C)C(=O)NCCn2nc3c(cc2=O)CCCCC3)cc1. The van der Waals surface area contributed by atoms with Gasteiger partial charge < -0.3 is 5.32 Å². The predicted octanol–water partition coefficient (Wildman–Crippen LogP) is 2.74. The maximum atomic E-state index is 12.4. The molecule has 1 amide bonds. The van der Waals surface area contributed by atoms with Crippen molar-refractivity contribution in [1.29, 1.82) is 0 Å². The van der Waals surface area contributed by atoms with Crippen LogP contribution in [0.5, 0.6) is 0 Å². The summed E-state index contributed by atoms with van der Waals surface area (Å²) in [5.41, 5.74) is 4.23. The number of nitrogens with zero attached hydrogens (tertiary/aromatic N) is 2. The van der Waals surface area contributed by atoms with Crippen LogP contribution in [0.4, 0.5) is 0 Å². The zero-order chi connectivity index (χ0) is 18.5. The highest BCUT2D eigenvalue weighted by Gasteiger charge is 2.15. The molecule has 26 heavy (non-hydrogen) atoms. The van der Waals surface area contributed by atoms with Gasteiger partial charge in [-0.25, -0.2) is 4.68 Å². The average Bonchev–Trinajstić information content (AvgIpc) is 2.86. The van der Waals surface area contributed by atoms with E-state index in [4.69, 9.17) is 0 Å². The smallest absolute Gasteiger partial charge is 0.267 e. The molecule has 1 aliphatic rings. The molecule has 0 radical (unpaired) electrons. The lowest BCUT2D eigenvalue weighted by Gasteiger charge is -2.14. The molecule has 0 saturated heterocycles. The molecule has 2 aromatic rings. The van der Waals surface area contributed by atoms with E-state index < -0.39 is 0 Å². The minimum atomic E-state index is -0.215. The summed E-state index contributed by atoms with van der Waals surface area (Å²) in [5.74, 6) is -0.246. The van der Waals surface area contributed by atoms with Crippen molar-refractivity contribution in [3.63, 3.8) is 0 Å². The number of hydrogen-bond acceptors (Lipinski definition) is 3. The van der Waals surface area contributed by atoms with E-state index in [0.717, 1.165) is 42.5 Å². The summed E-state index contributed by atoms with van der Waals surface area (Å²) < 4.78 is 1.49. The van der Waals surface area contributed by atoms with E-state index in [1.54, 1.807) is 6.07 Å².